The van der Waals surface area contributed by atoms with Crippen molar-refractivity contribution in [2.45, 2.75) is 83.5 Å². The molecule has 2 aromatic heterocycles. The smallest absolute Gasteiger partial charge is 0.0280 e. The van der Waals surface area contributed by atoms with E-state index in [1.807, 2.05) is 24.3 Å². The van der Waals surface area contributed by atoms with Crippen LogP contribution >= 0.6 is 0 Å². The van der Waals surface area contributed by atoms with Crippen molar-refractivity contribution in [1.29, 1.82) is 0 Å². The van der Waals surface area contributed by atoms with E-state index in [2.05, 4.69) is 83.9 Å². The fraction of sp³-hybridized carbons (Fsp3) is 0.333. The minimum atomic E-state index is -0.00510. The molecule has 0 atom stereocenters. The number of fused-ring (bicyclic) bond motifs is 3. The van der Waals surface area contributed by atoms with Gasteiger partial charge in [-0.25, -0.2) is 0 Å². The maximum absolute atomic E-state index is 4.13. The minimum Gasteiger partial charge on any atom is -0.265 e. The van der Waals surface area contributed by atoms with E-state index in [-0.39, 0.29) is 5.41 Å². The molecule has 0 radical (unpaired) electrons. The topological polar surface area (TPSA) is 25.8 Å². The molecule has 1 aliphatic carbocycles. The number of unbranched alkanes of at least 4 members (excludes halogenated alkanes) is 6. The molecule has 5 rings (SSSR count). The van der Waals surface area contributed by atoms with Crippen LogP contribution in [0.2, 0.25) is 0 Å². The maximum atomic E-state index is 4.13. The molecule has 0 bridgehead atoms. The third-order valence-corrected chi connectivity index (χ3v) is 8.34. The second kappa shape index (κ2) is 14.0. The van der Waals surface area contributed by atoms with Crippen molar-refractivity contribution >= 4 is 0 Å². The standard InChI is InChI=1S/C39H40N2/c1-3-5-7-9-23-39(24-10-8-6-4-2)37-29-33(13-11-31-19-25-40-26-20-31)15-17-35(37)36-18-16-34(30-38(36)39)14-12-32-21-27-41-28-22-32/h15-22,25-30H,3-10,23-24H2,1-2H3. The minimum absolute atomic E-state index is 0.00510. The van der Waals surface area contributed by atoms with E-state index in [0.717, 1.165) is 22.3 Å². The summed E-state index contributed by atoms with van der Waals surface area (Å²) in [5.74, 6) is 13.6. The lowest BCUT2D eigenvalue weighted by Gasteiger charge is -2.33. The molecule has 0 N–H and O–H groups in total. The fourth-order valence-electron chi connectivity index (χ4n) is 6.18. The Bertz CT molecular complexity index is 1440. The Morgan fingerprint density at radius 2 is 0.902 bits per heavy atom. The predicted molar refractivity (Wildman–Crippen MR) is 171 cm³/mol. The molecular weight excluding hydrogens is 496 g/mol. The van der Waals surface area contributed by atoms with Gasteiger partial charge >= 0.3 is 0 Å². The van der Waals surface area contributed by atoms with Gasteiger partial charge in [0, 0.05) is 52.5 Å². The number of hydrogen-bond donors (Lipinski definition) is 0. The van der Waals surface area contributed by atoms with E-state index in [4.69, 9.17) is 0 Å². The lowest BCUT2D eigenvalue weighted by atomic mass is 9.70. The molecule has 206 valence electrons. The Balaban J connectivity index is 1.59. The van der Waals surface area contributed by atoms with E-state index < -0.39 is 0 Å². The highest BCUT2D eigenvalue weighted by Gasteiger charge is 2.42. The first-order valence-corrected chi connectivity index (χ1v) is 15.4. The summed E-state index contributed by atoms with van der Waals surface area (Å²) < 4.78 is 0. The second-order valence-corrected chi connectivity index (χ2v) is 11.2. The predicted octanol–water partition coefficient (Wildman–Crippen LogP) is 9.48. The summed E-state index contributed by atoms with van der Waals surface area (Å²) in [6.07, 6.45) is 19.7. The van der Waals surface area contributed by atoms with Crippen molar-refractivity contribution in [2.75, 3.05) is 0 Å². The average molecular weight is 537 g/mol. The molecule has 2 nitrogen and oxygen atoms in total. The van der Waals surface area contributed by atoms with Gasteiger partial charge in [0.1, 0.15) is 0 Å². The van der Waals surface area contributed by atoms with Crippen molar-refractivity contribution < 1.29 is 0 Å². The number of benzene rings is 2. The van der Waals surface area contributed by atoms with E-state index in [1.54, 1.807) is 24.8 Å². The van der Waals surface area contributed by atoms with E-state index in [9.17, 15) is 0 Å². The first kappa shape index (κ1) is 28.4. The Morgan fingerprint density at radius 3 is 1.32 bits per heavy atom. The fourth-order valence-corrected chi connectivity index (χ4v) is 6.18. The molecular formula is C39H40N2. The second-order valence-electron chi connectivity index (χ2n) is 11.2. The van der Waals surface area contributed by atoms with Gasteiger partial charge in [0.05, 0.1) is 0 Å². The Kier molecular flexibility index (Phi) is 9.67. The lowest BCUT2D eigenvalue weighted by Crippen LogP contribution is -2.26. The van der Waals surface area contributed by atoms with Gasteiger partial charge in [-0.1, -0.05) is 101 Å². The zero-order valence-electron chi connectivity index (χ0n) is 24.5. The molecule has 0 fully saturated rings. The van der Waals surface area contributed by atoms with Crippen LogP contribution in [0.1, 0.15) is 111 Å². The summed E-state index contributed by atoms with van der Waals surface area (Å²) in [7, 11) is 0. The van der Waals surface area contributed by atoms with Crippen molar-refractivity contribution in [2.24, 2.45) is 0 Å². The summed E-state index contributed by atoms with van der Waals surface area (Å²) in [6.45, 7) is 4.59. The largest absolute Gasteiger partial charge is 0.265 e. The van der Waals surface area contributed by atoms with Crippen LogP contribution in [-0.4, -0.2) is 9.97 Å². The summed E-state index contributed by atoms with van der Waals surface area (Å²) >= 11 is 0. The quantitative estimate of drug-likeness (QED) is 0.149. The zero-order valence-corrected chi connectivity index (χ0v) is 24.5. The van der Waals surface area contributed by atoms with Crippen LogP contribution < -0.4 is 0 Å². The third kappa shape index (κ3) is 6.78. The molecule has 0 aliphatic heterocycles. The van der Waals surface area contributed by atoms with Gasteiger partial charge in [0.25, 0.3) is 0 Å². The summed E-state index contributed by atoms with van der Waals surface area (Å²) in [5, 5.41) is 0. The molecule has 0 spiro atoms. The number of aromatic nitrogens is 2. The molecule has 2 aromatic carbocycles. The Labute approximate surface area is 246 Å². The van der Waals surface area contributed by atoms with Crippen molar-refractivity contribution in [1.82, 2.24) is 9.97 Å². The molecule has 0 saturated heterocycles. The number of nitrogens with zero attached hydrogens (tertiary/aromatic N) is 2. The van der Waals surface area contributed by atoms with Crippen LogP contribution in [0.25, 0.3) is 11.1 Å². The Hall–Kier alpha value is -4.14. The molecule has 41 heavy (non-hydrogen) atoms. The van der Waals surface area contributed by atoms with Crippen LogP contribution in [-0.2, 0) is 5.41 Å². The highest BCUT2D eigenvalue weighted by molar-refractivity contribution is 5.82. The average Bonchev–Trinajstić information content (AvgIpc) is 3.29. The SMILES string of the molecule is CCCCCCC1(CCCCCC)c2cc(C#Cc3ccncc3)ccc2-c2ccc(C#Cc3ccncc3)cc21. The summed E-state index contributed by atoms with van der Waals surface area (Å²) in [5.41, 5.74) is 9.80. The first-order valence-electron chi connectivity index (χ1n) is 15.4. The first-order chi connectivity index (χ1) is 20.2. The summed E-state index contributed by atoms with van der Waals surface area (Å²) in [4.78, 5) is 8.26. The van der Waals surface area contributed by atoms with E-state index >= 15 is 0 Å². The molecule has 0 saturated carbocycles. The van der Waals surface area contributed by atoms with Crippen molar-refractivity contribution in [3.05, 3.63) is 119 Å². The number of hydrogen-bond acceptors (Lipinski definition) is 2. The molecule has 2 heteroatoms. The molecule has 4 aromatic rings. The van der Waals surface area contributed by atoms with Crippen LogP contribution in [0.3, 0.4) is 0 Å². The molecule has 1 aliphatic rings. The summed E-state index contributed by atoms with van der Waals surface area (Å²) in [6, 6.07) is 21.7. The van der Waals surface area contributed by atoms with Gasteiger partial charge in [0.15, 0.2) is 0 Å². The van der Waals surface area contributed by atoms with Gasteiger partial charge in [-0.05, 0) is 83.6 Å². The van der Waals surface area contributed by atoms with Crippen molar-refractivity contribution in [3.8, 4) is 34.8 Å². The van der Waals surface area contributed by atoms with E-state index in [0.29, 0.717) is 0 Å². The van der Waals surface area contributed by atoms with Gasteiger partial charge in [-0.15, -0.1) is 0 Å². The van der Waals surface area contributed by atoms with Crippen LogP contribution in [0.5, 0.6) is 0 Å². The van der Waals surface area contributed by atoms with Gasteiger partial charge in [-0.2, -0.15) is 0 Å². The normalized spacial score (nSPS) is 12.4. The van der Waals surface area contributed by atoms with E-state index in [1.165, 1.54) is 86.5 Å². The van der Waals surface area contributed by atoms with Crippen LogP contribution in [0, 0.1) is 23.7 Å². The molecule has 0 amide bonds. The zero-order chi connectivity index (χ0) is 28.3. The monoisotopic (exact) mass is 536 g/mol. The number of pyridine rings is 2. The van der Waals surface area contributed by atoms with Gasteiger partial charge < -0.3 is 0 Å². The third-order valence-electron chi connectivity index (χ3n) is 8.34. The number of rotatable bonds is 10. The molecule has 2 heterocycles. The lowest BCUT2D eigenvalue weighted by molar-refractivity contribution is 0.401. The van der Waals surface area contributed by atoms with Gasteiger partial charge in [-0.3, -0.25) is 9.97 Å². The Morgan fingerprint density at radius 1 is 0.488 bits per heavy atom. The van der Waals surface area contributed by atoms with Crippen molar-refractivity contribution in [3.63, 3.8) is 0 Å². The highest BCUT2D eigenvalue weighted by Crippen LogP contribution is 2.54. The molecule has 0 unspecified atom stereocenters. The highest BCUT2D eigenvalue weighted by atomic mass is 14.6. The van der Waals surface area contributed by atoms with Crippen LogP contribution in [0.15, 0.2) is 85.5 Å². The van der Waals surface area contributed by atoms with Gasteiger partial charge in [0.2, 0.25) is 0 Å². The van der Waals surface area contributed by atoms with Crippen LogP contribution in [0.4, 0.5) is 0 Å². The maximum Gasteiger partial charge on any atom is 0.0280 e.